The van der Waals surface area contributed by atoms with Crippen LogP contribution in [0.25, 0.3) is 0 Å². The summed E-state index contributed by atoms with van der Waals surface area (Å²) in [5.74, 6) is 0.965. The lowest BCUT2D eigenvalue weighted by atomic mass is 9.94. The summed E-state index contributed by atoms with van der Waals surface area (Å²) in [6.45, 7) is 9.15. The zero-order chi connectivity index (χ0) is 10.4. The number of hydrogen-bond acceptors (Lipinski definition) is 1. The molecule has 1 unspecified atom stereocenters. The van der Waals surface area contributed by atoms with Crippen LogP contribution in [0.1, 0.15) is 59.3 Å². The summed E-state index contributed by atoms with van der Waals surface area (Å²) in [7, 11) is 0. The number of likely N-dealkylation sites (tertiary alicyclic amines) is 1. The number of rotatable bonds is 1. The molecule has 14 heavy (non-hydrogen) atoms. The van der Waals surface area contributed by atoms with E-state index in [4.69, 9.17) is 0 Å². The Kier molecular flexibility index (Phi) is 5.54. The molecule has 1 atom stereocenters. The second kappa shape index (κ2) is 6.44. The van der Waals surface area contributed by atoms with E-state index in [1.54, 1.807) is 0 Å². The van der Waals surface area contributed by atoms with E-state index in [1.807, 2.05) is 13.8 Å². The average Bonchev–Trinajstić information content (AvgIpc) is 2.69. The average molecular weight is 197 g/mol. The first-order chi connectivity index (χ1) is 6.86. The SMILES string of the molecule is CC.CC1CCN(C2CCCCC2)C1. The van der Waals surface area contributed by atoms with Gasteiger partial charge in [-0.05, 0) is 31.7 Å². The Balaban J connectivity index is 0.000000461. The van der Waals surface area contributed by atoms with Crippen molar-refractivity contribution in [3.05, 3.63) is 0 Å². The molecule has 0 aromatic rings. The molecule has 0 radical (unpaired) electrons. The van der Waals surface area contributed by atoms with Crippen molar-refractivity contribution in [1.29, 1.82) is 0 Å². The molecular weight excluding hydrogens is 170 g/mol. The highest BCUT2D eigenvalue weighted by Gasteiger charge is 2.26. The summed E-state index contributed by atoms with van der Waals surface area (Å²) < 4.78 is 0. The topological polar surface area (TPSA) is 3.24 Å². The maximum atomic E-state index is 2.74. The van der Waals surface area contributed by atoms with E-state index < -0.39 is 0 Å². The Bertz CT molecular complexity index is 135. The molecule has 2 rings (SSSR count). The summed E-state index contributed by atoms with van der Waals surface area (Å²) in [5, 5.41) is 0. The van der Waals surface area contributed by atoms with Crippen LogP contribution < -0.4 is 0 Å². The highest BCUT2D eigenvalue weighted by atomic mass is 15.2. The maximum absolute atomic E-state index is 2.74. The van der Waals surface area contributed by atoms with Crippen LogP contribution in [0.3, 0.4) is 0 Å². The Morgan fingerprint density at radius 1 is 0.929 bits per heavy atom. The third-order valence-electron chi connectivity index (χ3n) is 3.55. The Morgan fingerprint density at radius 2 is 1.57 bits per heavy atom. The smallest absolute Gasteiger partial charge is 0.00953 e. The monoisotopic (exact) mass is 197 g/mol. The summed E-state index contributed by atoms with van der Waals surface area (Å²) in [6.07, 6.45) is 8.85. The van der Waals surface area contributed by atoms with Crippen molar-refractivity contribution in [2.75, 3.05) is 13.1 Å². The van der Waals surface area contributed by atoms with Crippen molar-refractivity contribution in [3.63, 3.8) is 0 Å². The van der Waals surface area contributed by atoms with E-state index in [1.165, 1.54) is 51.6 Å². The van der Waals surface area contributed by atoms with Gasteiger partial charge in [-0.15, -0.1) is 0 Å². The van der Waals surface area contributed by atoms with Gasteiger partial charge in [0.25, 0.3) is 0 Å². The molecule has 84 valence electrons. The molecule has 1 aliphatic carbocycles. The molecule has 2 fully saturated rings. The molecule has 1 aliphatic heterocycles. The van der Waals surface area contributed by atoms with Gasteiger partial charge in [-0.3, -0.25) is 0 Å². The van der Waals surface area contributed by atoms with Crippen molar-refractivity contribution >= 4 is 0 Å². The quantitative estimate of drug-likeness (QED) is 0.620. The van der Waals surface area contributed by atoms with Crippen LogP contribution in [0.2, 0.25) is 0 Å². The first-order valence-electron chi connectivity index (χ1n) is 6.60. The lowest BCUT2D eigenvalue weighted by Gasteiger charge is -2.30. The van der Waals surface area contributed by atoms with Gasteiger partial charge in [0.1, 0.15) is 0 Å². The van der Waals surface area contributed by atoms with Gasteiger partial charge >= 0.3 is 0 Å². The van der Waals surface area contributed by atoms with Crippen molar-refractivity contribution in [2.24, 2.45) is 5.92 Å². The maximum Gasteiger partial charge on any atom is 0.00953 e. The third kappa shape index (κ3) is 3.27. The van der Waals surface area contributed by atoms with Crippen molar-refractivity contribution in [2.45, 2.75) is 65.3 Å². The van der Waals surface area contributed by atoms with Gasteiger partial charge in [0.2, 0.25) is 0 Å². The Morgan fingerprint density at radius 3 is 2.07 bits per heavy atom. The molecule has 0 aromatic heterocycles. The van der Waals surface area contributed by atoms with Crippen LogP contribution in [0, 0.1) is 5.92 Å². The van der Waals surface area contributed by atoms with E-state index in [-0.39, 0.29) is 0 Å². The number of hydrogen-bond donors (Lipinski definition) is 0. The second-order valence-electron chi connectivity index (χ2n) is 4.68. The summed E-state index contributed by atoms with van der Waals surface area (Å²) in [6, 6.07) is 0.962. The molecule has 0 aromatic carbocycles. The van der Waals surface area contributed by atoms with Crippen LogP contribution in [0.5, 0.6) is 0 Å². The largest absolute Gasteiger partial charge is 0.300 e. The Labute approximate surface area is 89.9 Å². The van der Waals surface area contributed by atoms with E-state index in [0.29, 0.717) is 0 Å². The van der Waals surface area contributed by atoms with Gasteiger partial charge < -0.3 is 4.90 Å². The third-order valence-corrected chi connectivity index (χ3v) is 3.55. The Hall–Kier alpha value is -0.0400. The van der Waals surface area contributed by atoms with E-state index >= 15 is 0 Å². The molecule has 1 saturated heterocycles. The van der Waals surface area contributed by atoms with Gasteiger partial charge in [0.15, 0.2) is 0 Å². The minimum atomic E-state index is 0.962. The summed E-state index contributed by atoms with van der Waals surface area (Å²) in [4.78, 5) is 2.74. The first-order valence-corrected chi connectivity index (χ1v) is 6.60. The fourth-order valence-electron chi connectivity index (χ4n) is 2.75. The van der Waals surface area contributed by atoms with Crippen LogP contribution in [-0.4, -0.2) is 24.0 Å². The first kappa shape index (κ1) is 12.0. The van der Waals surface area contributed by atoms with Crippen LogP contribution in [-0.2, 0) is 0 Å². The molecule has 0 amide bonds. The fourth-order valence-corrected chi connectivity index (χ4v) is 2.75. The van der Waals surface area contributed by atoms with Gasteiger partial charge in [0.05, 0.1) is 0 Å². The van der Waals surface area contributed by atoms with E-state index in [9.17, 15) is 0 Å². The van der Waals surface area contributed by atoms with Gasteiger partial charge in [-0.1, -0.05) is 40.0 Å². The second-order valence-corrected chi connectivity index (χ2v) is 4.68. The van der Waals surface area contributed by atoms with Crippen molar-refractivity contribution in [3.8, 4) is 0 Å². The highest BCUT2D eigenvalue weighted by Crippen LogP contribution is 2.27. The molecule has 1 heterocycles. The van der Waals surface area contributed by atoms with Gasteiger partial charge in [-0.2, -0.15) is 0 Å². The molecule has 0 N–H and O–H groups in total. The molecule has 1 saturated carbocycles. The molecule has 2 aliphatic rings. The normalized spacial score (nSPS) is 29.8. The molecule has 0 spiro atoms. The zero-order valence-corrected chi connectivity index (χ0v) is 10.3. The standard InChI is InChI=1S/C11H21N.C2H6/c1-10-7-8-12(9-10)11-5-3-2-4-6-11;1-2/h10-11H,2-9H2,1H3;1-2H3. The molecular formula is C13H27N. The number of nitrogens with zero attached hydrogens (tertiary/aromatic N) is 1. The highest BCUT2D eigenvalue weighted by molar-refractivity contribution is 4.81. The van der Waals surface area contributed by atoms with Crippen molar-refractivity contribution < 1.29 is 0 Å². The van der Waals surface area contributed by atoms with Crippen LogP contribution in [0.4, 0.5) is 0 Å². The molecule has 1 heteroatoms. The summed E-state index contributed by atoms with van der Waals surface area (Å²) in [5.41, 5.74) is 0. The van der Waals surface area contributed by atoms with E-state index in [2.05, 4.69) is 11.8 Å². The van der Waals surface area contributed by atoms with Gasteiger partial charge in [-0.25, -0.2) is 0 Å². The van der Waals surface area contributed by atoms with Crippen LogP contribution in [0.15, 0.2) is 0 Å². The van der Waals surface area contributed by atoms with Gasteiger partial charge in [0, 0.05) is 12.6 Å². The predicted octanol–water partition coefficient (Wildman–Crippen LogP) is 3.69. The summed E-state index contributed by atoms with van der Waals surface area (Å²) >= 11 is 0. The van der Waals surface area contributed by atoms with Crippen LogP contribution >= 0.6 is 0 Å². The lowest BCUT2D eigenvalue weighted by Crippen LogP contribution is -2.34. The minimum absolute atomic E-state index is 0.962. The molecule has 1 nitrogen and oxygen atoms in total. The molecule has 0 bridgehead atoms. The fraction of sp³-hybridized carbons (Fsp3) is 1.00. The zero-order valence-electron chi connectivity index (χ0n) is 10.3. The van der Waals surface area contributed by atoms with E-state index in [0.717, 1.165) is 12.0 Å². The van der Waals surface area contributed by atoms with Crippen molar-refractivity contribution in [1.82, 2.24) is 4.90 Å². The lowest BCUT2D eigenvalue weighted by molar-refractivity contribution is 0.186. The predicted molar refractivity (Wildman–Crippen MR) is 63.6 cm³/mol. The minimum Gasteiger partial charge on any atom is -0.300 e.